The summed E-state index contributed by atoms with van der Waals surface area (Å²) in [6.45, 7) is 1.73. The van der Waals surface area contributed by atoms with E-state index in [0.29, 0.717) is 25.5 Å². The van der Waals surface area contributed by atoms with Gasteiger partial charge in [-0.25, -0.2) is 13.4 Å². The highest BCUT2D eigenvalue weighted by molar-refractivity contribution is 7.90. The molecule has 2 atom stereocenters. The minimum absolute atomic E-state index is 0.00729. The van der Waals surface area contributed by atoms with Crippen molar-refractivity contribution in [1.82, 2.24) is 25.5 Å². The number of halogens is 4. The fourth-order valence-electron chi connectivity index (χ4n) is 5.11. The smallest absolute Gasteiger partial charge is 0.423 e. The first-order chi connectivity index (χ1) is 20.2. The lowest BCUT2D eigenvalue weighted by Crippen LogP contribution is -2.47. The third-order valence-electron chi connectivity index (χ3n) is 7.47. The molecule has 2 heterocycles. The molecule has 1 amide bonds. The van der Waals surface area contributed by atoms with Crippen LogP contribution in [0.3, 0.4) is 0 Å². The highest BCUT2D eigenvalue weighted by atomic mass is 35.5. The Labute approximate surface area is 253 Å². The van der Waals surface area contributed by atoms with E-state index in [1.807, 2.05) is 7.05 Å². The molecule has 1 aromatic carbocycles. The summed E-state index contributed by atoms with van der Waals surface area (Å²) in [4.78, 5) is 23.0. The van der Waals surface area contributed by atoms with Crippen LogP contribution in [-0.4, -0.2) is 86.8 Å². The Morgan fingerprint density at radius 2 is 1.86 bits per heavy atom. The van der Waals surface area contributed by atoms with Crippen molar-refractivity contribution < 1.29 is 35.9 Å². The zero-order valence-corrected chi connectivity index (χ0v) is 25.7. The number of piperidine rings is 1. The van der Waals surface area contributed by atoms with Gasteiger partial charge in [-0.05, 0) is 64.4 Å². The summed E-state index contributed by atoms with van der Waals surface area (Å²) in [5.41, 5.74) is -0.763. The summed E-state index contributed by atoms with van der Waals surface area (Å²) in [6, 6.07) is 2.38. The predicted molar refractivity (Wildman–Crippen MR) is 156 cm³/mol. The second-order valence-corrected chi connectivity index (χ2v) is 13.5. The molecule has 3 N–H and O–H groups in total. The zero-order chi connectivity index (χ0) is 31.4. The van der Waals surface area contributed by atoms with Crippen LogP contribution < -0.4 is 25.4 Å². The van der Waals surface area contributed by atoms with Crippen molar-refractivity contribution in [3.63, 3.8) is 0 Å². The molecule has 0 radical (unpaired) electrons. The van der Waals surface area contributed by atoms with Gasteiger partial charge >= 0.3 is 6.18 Å². The van der Waals surface area contributed by atoms with Gasteiger partial charge in [-0.1, -0.05) is 18.0 Å². The van der Waals surface area contributed by atoms with Crippen molar-refractivity contribution in [3.05, 3.63) is 34.5 Å². The number of nitrogens with one attached hydrogen (secondary N) is 3. The van der Waals surface area contributed by atoms with E-state index in [0.717, 1.165) is 38.6 Å². The Bertz CT molecular complexity index is 1410. The second kappa shape index (κ2) is 13.8. The van der Waals surface area contributed by atoms with E-state index < -0.39 is 39.6 Å². The number of alkyl halides is 3. The van der Waals surface area contributed by atoms with Gasteiger partial charge in [0.25, 0.3) is 5.91 Å². The third kappa shape index (κ3) is 9.06. The van der Waals surface area contributed by atoms with Gasteiger partial charge in [0.05, 0.1) is 29.3 Å². The molecule has 43 heavy (non-hydrogen) atoms. The molecule has 1 saturated heterocycles. The third-order valence-corrected chi connectivity index (χ3v) is 8.47. The van der Waals surface area contributed by atoms with Gasteiger partial charge in [-0.2, -0.15) is 18.2 Å². The maximum atomic E-state index is 13.9. The Kier molecular flexibility index (Phi) is 10.6. The summed E-state index contributed by atoms with van der Waals surface area (Å²) in [5, 5.41) is 8.79. The fraction of sp³-hybridized carbons (Fsp3) is 0.593. The number of aromatic nitrogens is 2. The number of likely N-dealkylation sites (tertiary alicyclic amines) is 1. The van der Waals surface area contributed by atoms with Crippen LogP contribution in [0.4, 0.5) is 24.8 Å². The first-order valence-corrected chi connectivity index (χ1v) is 16.3. The van der Waals surface area contributed by atoms with Crippen LogP contribution in [0.2, 0.25) is 5.02 Å². The molecule has 0 unspecified atom stereocenters. The minimum atomic E-state index is -4.80. The van der Waals surface area contributed by atoms with Crippen molar-refractivity contribution in [2.45, 2.75) is 62.9 Å². The molecule has 16 heteroatoms. The first kappa shape index (κ1) is 33.0. The number of amides is 1. The summed E-state index contributed by atoms with van der Waals surface area (Å²) >= 11 is 6.45. The summed E-state index contributed by atoms with van der Waals surface area (Å²) in [7, 11) is 0.0451. The topological polar surface area (TPSA) is 135 Å². The standard InChI is InChI=1S/C27H36ClF3N6O5S/c1-37-10-8-16(9-11-37)34-24(38)17-12-23(41-2)21(13-19(17)28)35-26-32-14-18(27(29,30)31)25(36-26)42-22-7-5-4-6-20(22)33-15-43(3,39)40/h12-14,16,20,22,33H,4-11,15H2,1-3H3,(H,34,38)(H,32,35,36)/t20-,22-/m1/s1. The molecule has 1 aliphatic heterocycles. The van der Waals surface area contributed by atoms with Gasteiger partial charge in [0, 0.05) is 24.5 Å². The number of rotatable bonds is 10. The Morgan fingerprint density at radius 3 is 2.51 bits per heavy atom. The van der Waals surface area contributed by atoms with Gasteiger partial charge in [0.1, 0.15) is 17.4 Å². The van der Waals surface area contributed by atoms with Gasteiger partial charge in [-0.15, -0.1) is 0 Å². The number of anilines is 2. The SMILES string of the molecule is COc1cc(C(=O)NC2CCN(C)CC2)c(Cl)cc1Nc1ncc(C(F)(F)F)c(O[C@@H]2CCCC[C@H]2NCS(C)(=O)=O)n1. The molecule has 1 aliphatic carbocycles. The van der Waals surface area contributed by atoms with Crippen LogP contribution in [0.25, 0.3) is 0 Å². The monoisotopic (exact) mass is 648 g/mol. The highest BCUT2D eigenvalue weighted by Gasteiger charge is 2.38. The molecule has 2 fully saturated rings. The molecular weight excluding hydrogens is 613 g/mol. The average Bonchev–Trinajstić information content (AvgIpc) is 2.93. The van der Waals surface area contributed by atoms with E-state index in [1.54, 1.807) is 0 Å². The van der Waals surface area contributed by atoms with E-state index >= 15 is 0 Å². The van der Waals surface area contributed by atoms with Crippen LogP contribution in [0, 0.1) is 0 Å². The van der Waals surface area contributed by atoms with Gasteiger partial charge in [-0.3, -0.25) is 10.1 Å². The van der Waals surface area contributed by atoms with Crippen molar-refractivity contribution in [2.24, 2.45) is 0 Å². The molecule has 1 aromatic heterocycles. The lowest BCUT2D eigenvalue weighted by Gasteiger charge is -2.32. The lowest BCUT2D eigenvalue weighted by molar-refractivity contribution is -0.140. The van der Waals surface area contributed by atoms with Crippen LogP contribution in [0.15, 0.2) is 18.3 Å². The van der Waals surface area contributed by atoms with E-state index in [1.165, 1.54) is 19.2 Å². The lowest BCUT2D eigenvalue weighted by atomic mass is 9.92. The number of nitrogens with zero attached hydrogens (tertiary/aromatic N) is 3. The molecule has 4 rings (SSSR count). The van der Waals surface area contributed by atoms with Crippen molar-refractivity contribution in [2.75, 3.05) is 44.7 Å². The van der Waals surface area contributed by atoms with Crippen molar-refractivity contribution in [3.8, 4) is 11.6 Å². The zero-order valence-electron chi connectivity index (χ0n) is 24.1. The van der Waals surface area contributed by atoms with E-state index in [9.17, 15) is 26.4 Å². The molecule has 2 aliphatic rings. The molecule has 0 spiro atoms. The quantitative estimate of drug-likeness (QED) is 0.347. The van der Waals surface area contributed by atoms with Gasteiger partial charge in [0.2, 0.25) is 11.8 Å². The van der Waals surface area contributed by atoms with Crippen LogP contribution in [0.1, 0.15) is 54.4 Å². The maximum Gasteiger partial charge on any atom is 0.423 e. The number of benzene rings is 1. The minimum Gasteiger partial charge on any atom is -0.495 e. The average molecular weight is 649 g/mol. The van der Waals surface area contributed by atoms with E-state index in [2.05, 4.69) is 30.8 Å². The van der Waals surface area contributed by atoms with E-state index in [4.69, 9.17) is 21.1 Å². The van der Waals surface area contributed by atoms with Gasteiger partial charge < -0.3 is 25.0 Å². The van der Waals surface area contributed by atoms with E-state index in [-0.39, 0.29) is 45.8 Å². The maximum absolute atomic E-state index is 13.9. The number of hydrogen-bond donors (Lipinski definition) is 3. The van der Waals surface area contributed by atoms with Crippen LogP contribution in [-0.2, 0) is 16.0 Å². The second-order valence-electron chi connectivity index (χ2n) is 10.9. The number of methoxy groups -OCH3 is 1. The number of ether oxygens (including phenoxy) is 2. The Balaban J connectivity index is 1.56. The Morgan fingerprint density at radius 1 is 1.16 bits per heavy atom. The summed E-state index contributed by atoms with van der Waals surface area (Å²) < 4.78 is 76.2. The molecule has 11 nitrogen and oxygen atoms in total. The highest BCUT2D eigenvalue weighted by Crippen LogP contribution is 2.38. The number of carbonyl (C=O) groups excluding carboxylic acids is 1. The molecular formula is C27H36ClF3N6O5S. The summed E-state index contributed by atoms with van der Waals surface area (Å²) in [6.07, 6.45) is 0.170. The number of carbonyl (C=O) groups is 1. The Hall–Kier alpha value is -2.88. The largest absolute Gasteiger partial charge is 0.495 e. The number of sulfone groups is 1. The van der Waals surface area contributed by atoms with Crippen molar-refractivity contribution in [1.29, 1.82) is 0 Å². The molecule has 1 saturated carbocycles. The summed E-state index contributed by atoms with van der Waals surface area (Å²) in [5.74, 6) is -1.41. The van der Waals surface area contributed by atoms with Gasteiger partial charge in [0.15, 0.2) is 9.84 Å². The first-order valence-electron chi connectivity index (χ1n) is 13.9. The van der Waals surface area contributed by atoms with Crippen LogP contribution >= 0.6 is 11.6 Å². The van der Waals surface area contributed by atoms with Crippen LogP contribution in [0.5, 0.6) is 11.6 Å². The number of hydrogen-bond acceptors (Lipinski definition) is 10. The molecule has 238 valence electrons. The predicted octanol–water partition coefficient (Wildman–Crippen LogP) is 4.01. The fourth-order valence-corrected chi connectivity index (χ4v) is 5.88. The normalized spacial score (nSPS) is 20.4. The molecule has 2 aromatic rings. The molecule has 0 bridgehead atoms. The van der Waals surface area contributed by atoms with Crippen molar-refractivity contribution >= 4 is 39.0 Å².